The first kappa shape index (κ1) is 8.96. The molecule has 2 aromatic rings. The number of amides is 1. The van der Waals surface area contributed by atoms with Crippen molar-refractivity contribution in [3.05, 3.63) is 35.6 Å². The molecule has 0 atom stereocenters. The van der Waals surface area contributed by atoms with Crippen LogP contribution in [0.15, 0.2) is 30.0 Å². The minimum Gasteiger partial charge on any atom is -0.367 e. The van der Waals surface area contributed by atoms with Gasteiger partial charge >= 0.3 is 0 Å². The van der Waals surface area contributed by atoms with Crippen LogP contribution >= 0.6 is 11.3 Å². The number of anilines is 1. The largest absolute Gasteiger partial charge is 0.367 e. The van der Waals surface area contributed by atoms with Gasteiger partial charge in [0, 0.05) is 24.0 Å². The molecule has 0 aliphatic heterocycles. The average molecular weight is 207 g/mol. The zero-order chi connectivity index (χ0) is 9.80. The number of carbonyl (C=O) groups excluding carboxylic acids is 1. The summed E-state index contributed by atoms with van der Waals surface area (Å²) < 4.78 is 0. The first-order valence-electron chi connectivity index (χ1n) is 4.15. The lowest BCUT2D eigenvalue weighted by Crippen LogP contribution is -2.13. The Labute approximate surface area is 85.0 Å². The lowest BCUT2D eigenvalue weighted by molar-refractivity contribution is -0.115. The predicted octanol–water partition coefficient (Wildman–Crippen LogP) is 1.65. The van der Waals surface area contributed by atoms with E-state index >= 15 is 0 Å². The highest BCUT2D eigenvalue weighted by Gasteiger charge is 2.04. The van der Waals surface area contributed by atoms with Crippen molar-refractivity contribution in [2.75, 3.05) is 5.32 Å². The zero-order valence-electron chi connectivity index (χ0n) is 7.36. The molecule has 2 N–H and O–H groups in total. The molecule has 14 heavy (non-hydrogen) atoms. The fraction of sp³-hybridized carbons (Fsp3) is 0.111. The van der Waals surface area contributed by atoms with Crippen LogP contribution in [0.4, 0.5) is 5.13 Å². The minimum absolute atomic E-state index is 0.0421. The van der Waals surface area contributed by atoms with Gasteiger partial charge in [0.2, 0.25) is 5.91 Å². The summed E-state index contributed by atoms with van der Waals surface area (Å²) in [6, 6.07) is 1.88. The first-order chi connectivity index (χ1) is 6.84. The molecule has 1 amide bonds. The van der Waals surface area contributed by atoms with Crippen molar-refractivity contribution in [1.29, 1.82) is 0 Å². The van der Waals surface area contributed by atoms with Crippen LogP contribution < -0.4 is 5.32 Å². The lowest BCUT2D eigenvalue weighted by atomic mass is 10.2. The van der Waals surface area contributed by atoms with E-state index in [-0.39, 0.29) is 5.91 Å². The van der Waals surface area contributed by atoms with Crippen LogP contribution in [0.2, 0.25) is 0 Å². The summed E-state index contributed by atoms with van der Waals surface area (Å²) in [5.74, 6) is -0.0421. The predicted molar refractivity (Wildman–Crippen MR) is 55.2 cm³/mol. The van der Waals surface area contributed by atoms with Gasteiger partial charge in [-0.25, -0.2) is 4.98 Å². The number of thiazole rings is 1. The molecular weight excluding hydrogens is 198 g/mol. The van der Waals surface area contributed by atoms with Gasteiger partial charge in [-0.2, -0.15) is 0 Å². The molecule has 0 saturated carbocycles. The summed E-state index contributed by atoms with van der Waals surface area (Å²) in [5.41, 5.74) is 0.971. The van der Waals surface area contributed by atoms with E-state index in [9.17, 15) is 4.79 Å². The van der Waals surface area contributed by atoms with Gasteiger partial charge < -0.3 is 10.3 Å². The summed E-state index contributed by atoms with van der Waals surface area (Å²) in [7, 11) is 0. The van der Waals surface area contributed by atoms with E-state index in [1.165, 1.54) is 11.3 Å². The van der Waals surface area contributed by atoms with Gasteiger partial charge in [0.1, 0.15) is 0 Å². The van der Waals surface area contributed by atoms with Gasteiger partial charge in [-0.15, -0.1) is 11.3 Å². The number of aromatic nitrogens is 2. The topological polar surface area (TPSA) is 57.8 Å². The Morgan fingerprint density at radius 2 is 2.57 bits per heavy atom. The van der Waals surface area contributed by atoms with Crippen LogP contribution in [0.5, 0.6) is 0 Å². The Bertz CT molecular complexity index is 355. The molecule has 2 aromatic heterocycles. The Morgan fingerprint density at radius 1 is 1.64 bits per heavy atom. The maximum Gasteiger partial charge on any atom is 0.230 e. The lowest BCUT2D eigenvalue weighted by Gasteiger charge is -1.98. The van der Waals surface area contributed by atoms with Crippen molar-refractivity contribution >= 4 is 22.4 Å². The quantitative estimate of drug-likeness (QED) is 0.804. The third-order valence-corrected chi connectivity index (χ3v) is 2.39. The number of nitrogens with one attached hydrogen (secondary N) is 2. The normalized spacial score (nSPS) is 10.0. The third-order valence-electron chi connectivity index (χ3n) is 1.71. The highest BCUT2D eigenvalue weighted by molar-refractivity contribution is 7.13. The van der Waals surface area contributed by atoms with Crippen LogP contribution in [-0.4, -0.2) is 15.9 Å². The van der Waals surface area contributed by atoms with Crippen LogP contribution in [0, 0.1) is 0 Å². The molecule has 0 aromatic carbocycles. The SMILES string of the molecule is O=C(Cc1cc[nH]c1)Nc1nccs1. The van der Waals surface area contributed by atoms with Crippen molar-refractivity contribution in [2.24, 2.45) is 0 Å². The number of nitrogens with zero attached hydrogens (tertiary/aromatic N) is 1. The molecule has 0 bridgehead atoms. The number of hydrogen-bond acceptors (Lipinski definition) is 3. The van der Waals surface area contributed by atoms with E-state index in [2.05, 4.69) is 15.3 Å². The van der Waals surface area contributed by atoms with Gasteiger partial charge in [-0.1, -0.05) is 0 Å². The molecule has 0 saturated heterocycles. The van der Waals surface area contributed by atoms with Crippen molar-refractivity contribution in [2.45, 2.75) is 6.42 Å². The molecule has 4 nitrogen and oxygen atoms in total. The highest BCUT2D eigenvalue weighted by atomic mass is 32.1. The monoisotopic (exact) mass is 207 g/mol. The molecule has 0 spiro atoms. The number of aromatic amines is 1. The van der Waals surface area contributed by atoms with E-state index < -0.39 is 0 Å². The van der Waals surface area contributed by atoms with Gasteiger partial charge in [0.25, 0.3) is 0 Å². The van der Waals surface area contributed by atoms with E-state index in [0.29, 0.717) is 11.6 Å². The fourth-order valence-corrected chi connectivity index (χ4v) is 1.65. The van der Waals surface area contributed by atoms with Crippen molar-refractivity contribution in [1.82, 2.24) is 9.97 Å². The molecular formula is C9H9N3OS. The summed E-state index contributed by atoms with van der Waals surface area (Å²) in [5, 5.41) is 5.18. The molecule has 2 rings (SSSR count). The molecule has 72 valence electrons. The summed E-state index contributed by atoms with van der Waals surface area (Å²) >= 11 is 1.41. The van der Waals surface area contributed by atoms with E-state index in [4.69, 9.17) is 0 Å². The van der Waals surface area contributed by atoms with E-state index in [1.807, 2.05) is 11.4 Å². The van der Waals surface area contributed by atoms with E-state index in [1.54, 1.807) is 18.6 Å². The molecule has 0 aliphatic rings. The molecule has 0 unspecified atom stereocenters. The van der Waals surface area contributed by atoms with Crippen molar-refractivity contribution in [3.8, 4) is 0 Å². The minimum atomic E-state index is -0.0421. The first-order valence-corrected chi connectivity index (χ1v) is 5.03. The zero-order valence-corrected chi connectivity index (χ0v) is 8.17. The smallest absolute Gasteiger partial charge is 0.230 e. The van der Waals surface area contributed by atoms with Crippen molar-refractivity contribution in [3.63, 3.8) is 0 Å². The second kappa shape index (κ2) is 4.06. The molecule has 0 radical (unpaired) electrons. The number of rotatable bonds is 3. The average Bonchev–Trinajstić information content (AvgIpc) is 2.76. The second-order valence-corrected chi connectivity index (χ2v) is 3.68. The van der Waals surface area contributed by atoms with E-state index in [0.717, 1.165) is 5.56 Å². The van der Waals surface area contributed by atoms with Crippen LogP contribution in [0.25, 0.3) is 0 Å². The van der Waals surface area contributed by atoms with Gasteiger partial charge in [0.05, 0.1) is 6.42 Å². The maximum atomic E-state index is 11.4. The fourth-order valence-electron chi connectivity index (χ4n) is 1.10. The van der Waals surface area contributed by atoms with Crippen LogP contribution in [0.1, 0.15) is 5.56 Å². The molecule has 2 heterocycles. The standard InChI is InChI=1S/C9H9N3OS/c13-8(5-7-1-2-10-6-7)12-9-11-3-4-14-9/h1-4,6,10H,5H2,(H,11,12,13). The summed E-state index contributed by atoms with van der Waals surface area (Å²) in [6.07, 6.45) is 5.65. The van der Waals surface area contributed by atoms with Gasteiger partial charge in [-0.3, -0.25) is 4.79 Å². The number of H-pyrrole nitrogens is 1. The maximum absolute atomic E-state index is 11.4. The Morgan fingerprint density at radius 3 is 3.21 bits per heavy atom. The van der Waals surface area contributed by atoms with Crippen LogP contribution in [0.3, 0.4) is 0 Å². The molecule has 0 fully saturated rings. The number of hydrogen-bond donors (Lipinski definition) is 2. The Balaban J connectivity index is 1.91. The molecule has 0 aliphatic carbocycles. The Hall–Kier alpha value is -1.62. The molecule has 5 heteroatoms. The van der Waals surface area contributed by atoms with Crippen molar-refractivity contribution < 1.29 is 4.79 Å². The highest BCUT2D eigenvalue weighted by Crippen LogP contribution is 2.10. The third kappa shape index (κ3) is 2.20. The second-order valence-electron chi connectivity index (χ2n) is 2.78. The van der Waals surface area contributed by atoms with Gasteiger partial charge in [0.15, 0.2) is 5.13 Å². The Kier molecular flexibility index (Phi) is 2.60. The number of carbonyl (C=O) groups is 1. The summed E-state index contributed by atoms with van der Waals surface area (Å²) in [4.78, 5) is 18.3. The summed E-state index contributed by atoms with van der Waals surface area (Å²) in [6.45, 7) is 0. The van der Waals surface area contributed by atoms with Crippen LogP contribution in [-0.2, 0) is 11.2 Å². The van der Waals surface area contributed by atoms with Gasteiger partial charge in [-0.05, 0) is 11.6 Å².